The summed E-state index contributed by atoms with van der Waals surface area (Å²) in [5.74, 6) is 0.191. The molecule has 0 aromatic heterocycles. The molecule has 0 amide bonds. The van der Waals surface area contributed by atoms with E-state index in [1.165, 1.54) is 7.11 Å². The Labute approximate surface area is 104 Å². The second-order valence-corrected chi connectivity index (χ2v) is 4.35. The van der Waals surface area contributed by atoms with Crippen LogP contribution in [0, 0.1) is 5.92 Å². The predicted molar refractivity (Wildman–Crippen MR) is 68.7 cm³/mol. The summed E-state index contributed by atoms with van der Waals surface area (Å²) in [5, 5.41) is 12.3. The van der Waals surface area contributed by atoms with E-state index in [1.807, 2.05) is 13.0 Å². The quantitative estimate of drug-likeness (QED) is 0.501. The number of carbonyl (C=O) groups excluding carboxylic acids is 1. The molecule has 0 saturated carbocycles. The molecule has 0 aliphatic rings. The van der Waals surface area contributed by atoms with Gasteiger partial charge in [0.1, 0.15) is 0 Å². The molecule has 4 nitrogen and oxygen atoms in total. The lowest BCUT2D eigenvalue weighted by atomic mass is 10.0. The van der Waals surface area contributed by atoms with Crippen molar-refractivity contribution in [3.63, 3.8) is 0 Å². The van der Waals surface area contributed by atoms with E-state index in [2.05, 4.69) is 23.9 Å². The van der Waals surface area contributed by atoms with Gasteiger partial charge >= 0.3 is 5.97 Å². The summed E-state index contributed by atoms with van der Waals surface area (Å²) in [5.41, 5.74) is 0.687. The molecule has 0 heterocycles. The molecule has 0 radical (unpaired) electrons. The Morgan fingerprint density at radius 2 is 2.12 bits per heavy atom. The van der Waals surface area contributed by atoms with Gasteiger partial charge in [-0.3, -0.25) is 0 Å². The van der Waals surface area contributed by atoms with Crippen molar-refractivity contribution in [2.75, 3.05) is 20.3 Å². The van der Waals surface area contributed by atoms with Gasteiger partial charge in [0.15, 0.2) is 0 Å². The molecule has 0 saturated heterocycles. The van der Waals surface area contributed by atoms with E-state index in [9.17, 15) is 4.79 Å². The summed E-state index contributed by atoms with van der Waals surface area (Å²) in [4.78, 5) is 11.3. The third-order valence-electron chi connectivity index (χ3n) is 2.80. The van der Waals surface area contributed by atoms with Gasteiger partial charge < -0.3 is 15.2 Å². The lowest BCUT2D eigenvalue weighted by Gasteiger charge is -2.20. The van der Waals surface area contributed by atoms with Gasteiger partial charge in [0.2, 0.25) is 0 Å². The van der Waals surface area contributed by atoms with Crippen molar-refractivity contribution < 1.29 is 14.6 Å². The van der Waals surface area contributed by atoms with E-state index < -0.39 is 0 Å². The number of aliphatic hydroxyl groups excluding tert-OH is 1. The monoisotopic (exact) mass is 243 g/mol. The highest BCUT2D eigenvalue weighted by Gasteiger charge is 2.11. The van der Waals surface area contributed by atoms with Crippen LogP contribution in [0.3, 0.4) is 0 Å². The standard InChI is InChI=1S/C13H25NO3/c1-5-11(13(16)17-4)6-8-14-12(7-9-15)10(2)3/h6,10,12,14-15H,5,7-9H2,1-4H3. The maximum atomic E-state index is 11.3. The van der Waals surface area contributed by atoms with Crippen molar-refractivity contribution in [1.82, 2.24) is 5.32 Å². The van der Waals surface area contributed by atoms with E-state index in [1.54, 1.807) is 0 Å². The maximum absolute atomic E-state index is 11.3. The first-order valence-electron chi connectivity index (χ1n) is 6.18. The van der Waals surface area contributed by atoms with Crippen LogP contribution >= 0.6 is 0 Å². The zero-order valence-corrected chi connectivity index (χ0v) is 11.3. The minimum absolute atomic E-state index is 0.178. The Hall–Kier alpha value is -0.870. The molecule has 0 fully saturated rings. The molecular formula is C13H25NO3. The zero-order valence-electron chi connectivity index (χ0n) is 11.3. The van der Waals surface area contributed by atoms with Crippen LogP contribution in [0.2, 0.25) is 0 Å². The third-order valence-corrected chi connectivity index (χ3v) is 2.80. The summed E-state index contributed by atoms with van der Waals surface area (Å²) >= 11 is 0. The predicted octanol–water partition coefficient (Wildman–Crippen LogP) is 1.49. The summed E-state index contributed by atoms with van der Waals surface area (Å²) in [7, 11) is 1.39. The van der Waals surface area contributed by atoms with Gasteiger partial charge in [-0.25, -0.2) is 4.79 Å². The van der Waals surface area contributed by atoms with E-state index in [0.717, 1.165) is 6.42 Å². The van der Waals surface area contributed by atoms with E-state index in [-0.39, 0.29) is 18.6 Å². The number of methoxy groups -OCH3 is 1. The second-order valence-electron chi connectivity index (χ2n) is 4.35. The van der Waals surface area contributed by atoms with Crippen molar-refractivity contribution in [2.24, 2.45) is 5.92 Å². The molecule has 0 bridgehead atoms. The van der Waals surface area contributed by atoms with Crippen LogP contribution in [0.1, 0.15) is 33.6 Å². The van der Waals surface area contributed by atoms with Crippen LogP contribution in [-0.4, -0.2) is 37.4 Å². The highest BCUT2D eigenvalue weighted by Crippen LogP contribution is 2.06. The summed E-state index contributed by atoms with van der Waals surface area (Å²) in [6, 6.07) is 0.270. The molecule has 17 heavy (non-hydrogen) atoms. The normalized spacial score (nSPS) is 13.9. The first-order chi connectivity index (χ1) is 8.06. The highest BCUT2D eigenvalue weighted by atomic mass is 16.5. The first kappa shape index (κ1) is 16.1. The molecule has 0 aliphatic carbocycles. The van der Waals surface area contributed by atoms with Crippen molar-refractivity contribution in [1.29, 1.82) is 0 Å². The molecule has 1 atom stereocenters. The number of ether oxygens (including phenoxy) is 1. The number of aliphatic hydroxyl groups is 1. The van der Waals surface area contributed by atoms with E-state index in [4.69, 9.17) is 5.11 Å². The summed E-state index contributed by atoms with van der Waals surface area (Å²) in [6.07, 6.45) is 3.25. The summed E-state index contributed by atoms with van der Waals surface area (Å²) < 4.78 is 4.68. The van der Waals surface area contributed by atoms with Gasteiger partial charge in [-0.15, -0.1) is 0 Å². The Balaban J connectivity index is 4.24. The fourth-order valence-corrected chi connectivity index (χ4v) is 1.65. The van der Waals surface area contributed by atoms with Crippen molar-refractivity contribution in [3.8, 4) is 0 Å². The fourth-order valence-electron chi connectivity index (χ4n) is 1.65. The maximum Gasteiger partial charge on any atom is 0.333 e. The Bertz CT molecular complexity index is 249. The van der Waals surface area contributed by atoms with Crippen LogP contribution in [0.4, 0.5) is 0 Å². The average Bonchev–Trinajstić information content (AvgIpc) is 2.32. The number of carbonyl (C=O) groups is 1. The Morgan fingerprint density at radius 1 is 1.47 bits per heavy atom. The number of nitrogens with one attached hydrogen (secondary N) is 1. The van der Waals surface area contributed by atoms with Gasteiger partial charge in [-0.1, -0.05) is 26.8 Å². The molecule has 0 aliphatic heterocycles. The number of hydrogen-bond donors (Lipinski definition) is 2. The van der Waals surface area contributed by atoms with Crippen LogP contribution in [0.5, 0.6) is 0 Å². The average molecular weight is 243 g/mol. The van der Waals surface area contributed by atoms with E-state index >= 15 is 0 Å². The van der Waals surface area contributed by atoms with Crippen molar-refractivity contribution in [2.45, 2.75) is 39.7 Å². The molecule has 100 valence electrons. The minimum atomic E-state index is -0.266. The molecule has 4 heteroatoms. The van der Waals surface area contributed by atoms with Gasteiger partial charge in [0.25, 0.3) is 0 Å². The van der Waals surface area contributed by atoms with Crippen molar-refractivity contribution in [3.05, 3.63) is 11.6 Å². The summed E-state index contributed by atoms with van der Waals surface area (Å²) in [6.45, 7) is 6.95. The van der Waals surface area contributed by atoms with Crippen LogP contribution < -0.4 is 5.32 Å². The zero-order chi connectivity index (χ0) is 13.3. The smallest absolute Gasteiger partial charge is 0.333 e. The largest absolute Gasteiger partial charge is 0.466 e. The highest BCUT2D eigenvalue weighted by molar-refractivity contribution is 5.88. The first-order valence-corrected chi connectivity index (χ1v) is 6.18. The molecule has 0 aromatic rings. The molecular weight excluding hydrogens is 218 g/mol. The lowest BCUT2D eigenvalue weighted by molar-refractivity contribution is -0.136. The number of esters is 1. The molecule has 2 N–H and O–H groups in total. The second kappa shape index (κ2) is 9.19. The number of hydrogen-bond acceptors (Lipinski definition) is 4. The number of rotatable bonds is 8. The van der Waals surface area contributed by atoms with Crippen molar-refractivity contribution >= 4 is 5.97 Å². The van der Waals surface area contributed by atoms with Crippen LogP contribution in [-0.2, 0) is 9.53 Å². The Kier molecular flexibility index (Phi) is 8.72. The third kappa shape index (κ3) is 6.44. The lowest BCUT2D eigenvalue weighted by Crippen LogP contribution is -2.35. The van der Waals surface area contributed by atoms with Gasteiger partial charge in [-0.2, -0.15) is 0 Å². The van der Waals surface area contributed by atoms with Crippen LogP contribution in [0.25, 0.3) is 0 Å². The topological polar surface area (TPSA) is 58.6 Å². The van der Waals surface area contributed by atoms with Gasteiger partial charge in [0, 0.05) is 24.8 Å². The molecule has 0 rings (SSSR count). The van der Waals surface area contributed by atoms with Gasteiger partial charge in [0.05, 0.1) is 7.11 Å². The molecule has 0 spiro atoms. The molecule has 1 unspecified atom stereocenters. The SMILES string of the molecule is CCC(=CCNC(CCO)C(C)C)C(=O)OC. The van der Waals surface area contributed by atoms with Gasteiger partial charge in [-0.05, 0) is 18.8 Å². The minimum Gasteiger partial charge on any atom is -0.466 e. The Morgan fingerprint density at radius 3 is 2.53 bits per heavy atom. The van der Waals surface area contributed by atoms with E-state index in [0.29, 0.717) is 24.5 Å². The van der Waals surface area contributed by atoms with Crippen LogP contribution in [0.15, 0.2) is 11.6 Å². The molecule has 0 aromatic carbocycles. The fraction of sp³-hybridized carbons (Fsp3) is 0.769.